The summed E-state index contributed by atoms with van der Waals surface area (Å²) < 4.78 is 96.0. The summed E-state index contributed by atoms with van der Waals surface area (Å²) in [7, 11) is 0. The Hall–Kier alpha value is -7.46. The number of ether oxygens (including phenoxy) is 1. The normalized spacial score (nSPS) is 18.9. The van der Waals surface area contributed by atoms with E-state index in [-0.39, 0.29) is 86.2 Å². The van der Waals surface area contributed by atoms with Gasteiger partial charge in [-0.25, -0.2) is 18.2 Å². The number of piperazine rings is 1. The highest BCUT2D eigenvalue weighted by molar-refractivity contribution is 6.34. The van der Waals surface area contributed by atoms with E-state index in [0.717, 1.165) is 56.9 Å². The van der Waals surface area contributed by atoms with Crippen LogP contribution in [0.4, 0.5) is 38.0 Å². The van der Waals surface area contributed by atoms with E-state index in [1.807, 2.05) is 31.7 Å². The number of fused-ring (bicyclic) bond motifs is 1. The SMILES string of the molecule is C=CC(=O)N1CCN(c2nc(OCCN3CCC4(CC3)CN(c3cc(C(C(=O)N5CCCC5C(=O)NC(C)c5ccc(-c6c(F)cccc6F)cc5)C(C)C)on3)C4)nc3c(F)c(C=N/C(N)=C\C(C)=C\C(F)(F)F)c(Cl)cc23)CC1. The number of carbonyl (C=O) groups is 3. The first-order valence-corrected chi connectivity index (χ1v) is 27.3. The molecule has 3 amide bonds. The summed E-state index contributed by atoms with van der Waals surface area (Å²) in [6.45, 7) is 16.1. The third-order valence-electron chi connectivity index (χ3n) is 15.6. The molecule has 3 aromatic carbocycles. The molecular weight excluding hydrogens is 1080 g/mol. The third kappa shape index (κ3) is 13.2. The maximum atomic E-state index is 16.5. The number of amides is 3. The van der Waals surface area contributed by atoms with Gasteiger partial charge in [-0.1, -0.05) is 67.5 Å². The molecule has 3 N–H and O–H groups in total. The van der Waals surface area contributed by atoms with Crippen molar-refractivity contribution in [3.8, 4) is 17.1 Å². The fourth-order valence-corrected chi connectivity index (χ4v) is 11.5. The van der Waals surface area contributed by atoms with Gasteiger partial charge in [-0.05, 0) is 106 Å². The van der Waals surface area contributed by atoms with E-state index >= 15 is 4.39 Å². The first kappa shape index (κ1) is 58.2. The van der Waals surface area contributed by atoms with Gasteiger partial charge in [-0.3, -0.25) is 19.3 Å². The second kappa shape index (κ2) is 24.3. The van der Waals surface area contributed by atoms with Crippen LogP contribution in [0, 0.1) is 28.8 Å². The van der Waals surface area contributed by atoms with E-state index < -0.39 is 41.6 Å². The number of alkyl halides is 3. The standard InChI is InChI=1S/C58H64ClF6N11O5/c1-6-48(77)73-21-23-74(24-22-73)53-39-28-41(59)40(31-67-46(66)27-35(4)30-58(63,64)65)51(62)52(39)69-56(70-53)80-26-25-72-19-16-57(17-20-72)32-75(33-57)47-29-45(81-71-47)49(34(2)3)55(79)76-18-8-11-44(76)54(78)68-36(5)37-12-14-38(15-13-37)50-42(60)9-7-10-43(50)61/h6-7,9-10,12-15,27-31,34,36,44,49H,1,8,11,16-26,32-33,66H2,2-5H3,(H,68,78)/b35-30+,46-27-,67-31?. The number of piperidine rings is 1. The fraction of sp³-hybridized carbons (Fsp3) is 0.431. The average molecular weight is 1140 g/mol. The molecule has 0 bridgehead atoms. The summed E-state index contributed by atoms with van der Waals surface area (Å²) in [4.78, 5) is 63.3. The molecule has 81 heavy (non-hydrogen) atoms. The molecule has 4 aliphatic rings. The van der Waals surface area contributed by atoms with Crippen molar-refractivity contribution in [2.24, 2.45) is 22.1 Å². The van der Waals surface area contributed by atoms with Gasteiger partial charge in [0.2, 0.25) is 17.7 Å². The molecule has 16 nitrogen and oxygen atoms in total. The first-order valence-electron chi connectivity index (χ1n) is 27.0. The smallest absolute Gasteiger partial charge is 0.410 e. The number of likely N-dealkylation sites (tertiary alicyclic amines) is 2. The number of carbonyl (C=O) groups excluding carboxylic acids is 3. The second-order valence-electron chi connectivity index (χ2n) is 21.6. The van der Waals surface area contributed by atoms with Gasteiger partial charge < -0.3 is 39.9 Å². The molecule has 4 saturated heterocycles. The van der Waals surface area contributed by atoms with Crippen molar-refractivity contribution in [1.82, 2.24) is 35.1 Å². The van der Waals surface area contributed by atoms with Crippen LogP contribution in [0.25, 0.3) is 22.0 Å². The number of allylic oxidation sites excluding steroid dienone is 3. The summed E-state index contributed by atoms with van der Waals surface area (Å²) in [6, 6.07) is 12.5. The van der Waals surface area contributed by atoms with Crippen LogP contribution in [0.1, 0.15) is 82.2 Å². The Balaban J connectivity index is 0.797. The van der Waals surface area contributed by atoms with Gasteiger partial charge in [0.05, 0.1) is 16.6 Å². The molecule has 0 aliphatic carbocycles. The average Bonchev–Trinajstić information content (AvgIpc) is 4.30. The Bertz CT molecular complexity index is 3230. The third-order valence-corrected chi connectivity index (χ3v) is 15.9. The number of anilines is 2. The molecule has 1 spiro atoms. The van der Waals surface area contributed by atoms with E-state index in [0.29, 0.717) is 75.1 Å². The van der Waals surface area contributed by atoms with Gasteiger partial charge in [0.25, 0.3) is 0 Å². The fourth-order valence-electron chi connectivity index (χ4n) is 11.2. The molecular formula is C58H64ClF6N11O5. The largest absolute Gasteiger partial charge is 0.462 e. The van der Waals surface area contributed by atoms with Crippen LogP contribution in [-0.2, 0) is 14.4 Å². The number of aliphatic imine (C=N–C) groups is 1. The summed E-state index contributed by atoms with van der Waals surface area (Å²) in [5.74, 6) is -2.64. The molecule has 0 saturated carbocycles. The van der Waals surface area contributed by atoms with Gasteiger partial charge in [-0.2, -0.15) is 23.1 Å². The van der Waals surface area contributed by atoms with Gasteiger partial charge in [0.15, 0.2) is 17.4 Å². The molecule has 4 aliphatic heterocycles. The van der Waals surface area contributed by atoms with Crippen molar-refractivity contribution in [3.63, 3.8) is 0 Å². The van der Waals surface area contributed by atoms with Crippen LogP contribution in [0.2, 0.25) is 5.02 Å². The molecule has 6 heterocycles. The van der Waals surface area contributed by atoms with Crippen LogP contribution in [0.3, 0.4) is 0 Å². The zero-order valence-corrected chi connectivity index (χ0v) is 46.2. The van der Waals surface area contributed by atoms with E-state index in [1.54, 1.807) is 34.1 Å². The first-order chi connectivity index (χ1) is 38.6. The predicted molar refractivity (Wildman–Crippen MR) is 296 cm³/mol. The minimum absolute atomic E-state index is 0.0479. The van der Waals surface area contributed by atoms with Crippen molar-refractivity contribution in [1.29, 1.82) is 0 Å². The van der Waals surface area contributed by atoms with Crippen molar-refractivity contribution in [2.75, 3.05) is 81.9 Å². The van der Waals surface area contributed by atoms with Crippen LogP contribution >= 0.6 is 11.6 Å². The highest BCUT2D eigenvalue weighted by atomic mass is 35.5. The van der Waals surface area contributed by atoms with Gasteiger partial charge in [-0.15, -0.1) is 0 Å². The summed E-state index contributed by atoms with van der Waals surface area (Å²) in [6.07, 6.45) is 1.73. The maximum absolute atomic E-state index is 16.5. The molecule has 9 rings (SSSR count). The number of hydrogen-bond donors (Lipinski definition) is 2. The van der Waals surface area contributed by atoms with Gasteiger partial charge in [0, 0.05) is 87.1 Å². The topological polar surface area (TPSA) is 179 Å². The molecule has 3 atom stereocenters. The number of nitrogens with one attached hydrogen (secondary N) is 1. The number of nitrogens with two attached hydrogens (primary N) is 1. The van der Waals surface area contributed by atoms with Crippen LogP contribution in [-0.4, -0.2) is 138 Å². The Morgan fingerprint density at radius 1 is 0.963 bits per heavy atom. The molecule has 2 aromatic heterocycles. The Labute approximate surface area is 470 Å². The number of aromatic nitrogens is 3. The highest BCUT2D eigenvalue weighted by Crippen LogP contribution is 2.44. The Kier molecular flexibility index (Phi) is 17.5. The molecule has 430 valence electrons. The maximum Gasteiger partial charge on any atom is 0.410 e. The van der Waals surface area contributed by atoms with Gasteiger partial charge >= 0.3 is 12.2 Å². The minimum atomic E-state index is -4.57. The van der Waals surface area contributed by atoms with Crippen LogP contribution in [0.5, 0.6) is 6.01 Å². The quantitative estimate of drug-likeness (QED) is 0.0391. The van der Waals surface area contributed by atoms with E-state index in [1.165, 1.54) is 37.3 Å². The summed E-state index contributed by atoms with van der Waals surface area (Å²) >= 11 is 6.60. The van der Waals surface area contributed by atoms with Crippen molar-refractivity contribution in [2.45, 2.75) is 77.6 Å². The lowest BCUT2D eigenvalue weighted by Gasteiger charge is -2.54. The van der Waals surface area contributed by atoms with Crippen LogP contribution in [0.15, 0.2) is 100 Å². The Morgan fingerprint density at radius 3 is 2.31 bits per heavy atom. The molecule has 5 aromatic rings. The van der Waals surface area contributed by atoms with E-state index in [4.69, 9.17) is 31.6 Å². The second-order valence-corrected chi connectivity index (χ2v) is 22.0. The number of hydrogen-bond acceptors (Lipinski definition) is 13. The van der Waals surface area contributed by atoms with Crippen molar-refractivity contribution < 1.29 is 50.0 Å². The Morgan fingerprint density at radius 2 is 1.65 bits per heavy atom. The number of halogens is 7. The highest BCUT2D eigenvalue weighted by Gasteiger charge is 2.47. The lowest BCUT2D eigenvalue weighted by molar-refractivity contribution is -0.141. The molecule has 3 unspecified atom stereocenters. The summed E-state index contributed by atoms with van der Waals surface area (Å²) in [5.41, 5.74) is 6.38. The number of rotatable bonds is 17. The lowest BCUT2D eigenvalue weighted by atomic mass is 9.72. The lowest BCUT2D eigenvalue weighted by Crippen LogP contribution is -2.60. The predicted octanol–water partition coefficient (Wildman–Crippen LogP) is 9.51. The van der Waals surface area contributed by atoms with E-state index in [9.17, 15) is 36.3 Å². The zero-order chi connectivity index (χ0) is 57.9. The molecule has 23 heteroatoms. The van der Waals surface area contributed by atoms with Gasteiger partial charge in [0.1, 0.15) is 47.4 Å². The van der Waals surface area contributed by atoms with Crippen molar-refractivity contribution >= 4 is 58.1 Å². The van der Waals surface area contributed by atoms with Crippen LogP contribution < -0.4 is 25.6 Å². The summed E-state index contributed by atoms with van der Waals surface area (Å²) in [5, 5.41) is 7.67. The molecule has 0 radical (unpaired) electrons. The molecule has 4 fully saturated rings. The number of nitrogens with zero attached hydrogens (tertiary/aromatic N) is 9. The monoisotopic (exact) mass is 1140 g/mol. The van der Waals surface area contributed by atoms with Crippen molar-refractivity contribution in [3.05, 3.63) is 130 Å². The zero-order valence-electron chi connectivity index (χ0n) is 45.4. The van der Waals surface area contributed by atoms with E-state index in [2.05, 4.69) is 36.8 Å². The minimum Gasteiger partial charge on any atom is -0.462 e. The number of benzene rings is 3.